The summed E-state index contributed by atoms with van der Waals surface area (Å²) in [5, 5.41) is 0. The third kappa shape index (κ3) is 1610. The van der Waals surface area contributed by atoms with E-state index in [0.29, 0.717) is 0 Å². The number of rotatable bonds is 0. The van der Waals surface area contributed by atoms with Gasteiger partial charge in [0.15, 0.2) is 0 Å². The molecule has 0 aliphatic rings. The van der Waals surface area contributed by atoms with E-state index in [0.717, 1.165) is 0 Å². The summed E-state index contributed by atoms with van der Waals surface area (Å²) < 4.78 is 0. The molecular weight excluding hydrogens is 84.3 g/mol. The first-order valence-electron chi connectivity index (χ1n) is 0.408. The van der Waals surface area contributed by atoms with Crippen molar-refractivity contribution in [3.63, 3.8) is 0 Å². The first-order chi connectivity index (χ1) is 1.41. The Morgan fingerprint density at radius 1 is 1.40 bits per heavy atom. The molecule has 28 valence electrons. The van der Waals surface area contributed by atoms with Gasteiger partial charge in [0.05, 0.1) is 0 Å². The summed E-state index contributed by atoms with van der Waals surface area (Å²) in [5.74, 6) is 0. The van der Waals surface area contributed by atoms with Gasteiger partial charge in [-0.25, -0.2) is 0 Å². The zero-order valence-corrected chi connectivity index (χ0v) is 3.94. The Bertz CT molecular complexity index is 33.9. The zero-order valence-electron chi connectivity index (χ0n) is 4.52. The summed E-state index contributed by atoms with van der Waals surface area (Å²) in [6.45, 7) is 0. The molecule has 0 saturated heterocycles. The quantitative estimate of drug-likeness (QED) is 0.336. The van der Waals surface area contributed by atoms with Crippen molar-refractivity contribution in [3.05, 3.63) is 0 Å². The number of carbonyl (C=O) groups excluding carboxylic acids is 2. The fraction of sp³-hybridized carbons (Fsp3) is 0. The van der Waals surface area contributed by atoms with Crippen LogP contribution < -0.4 is 0 Å². The van der Waals surface area contributed by atoms with Crippen LogP contribution in [0.1, 0.15) is 2.85 Å². The summed E-state index contributed by atoms with van der Waals surface area (Å²) in [7, 11) is 0. The van der Waals surface area contributed by atoms with Crippen LogP contribution in [0.15, 0.2) is 0 Å². The van der Waals surface area contributed by atoms with Gasteiger partial charge in [0.2, 0.25) is 0 Å². The molecule has 0 aromatic carbocycles. The van der Waals surface area contributed by atoms with Crippen LogP contribution in [0.2, 0.25) is 0 Å². The van der Waals surface area contributed by atoms with E-state index in [2.05, 4.69) is 0 Å². The fourth-order valence-electron chi connectivity index (χ4n) is 0. The van der Waals surface area contributed by atoms with Gasteiger partial charge in [-0.05, 0) is 0 Å². The van der Waals surface area contributed by atoms with Gasteiger partial charge in [-0.15, -0.1) is 0 Å². The third-order valence-corrected chi connectivity index (χ3v) is 0. The van der Waals surface area contributed by atoms with E-state index in [1.807, 2.05) is 0 Å². The van der Waals surface area contributed by atoms with Gasteiger partial charge in [-0.3, -0.25) is 0 Å². The average molecular weight is 88.3 g/mol. The van der Waals surface area contributed by atoms with Crippen molar-refractivity contribution in [2.24, 2.45) is 0 Å². The van der Waals surface area contributed by atoms with Crippen LogP contribution in [0.5, 0.6) is 0 Å². The van der Waals surface area contributed by atoms with Gasteiger partial charge in [0, 0.05) is 0 Å². The molecule has 4 heteroatoms. The molecule has 0 heterocycles. The second-order valence-electron chi connectivity index (χ2n) is 0.0833. The Kier molecular flexibility index (Phi) is 126. The predicted molar refractivity (Wildman–Crippen MR) is 16.6 cm³/mol. The van der Waals surface area contributed by atoms with Crippen molar-refractivity contribution in [1.29, 1.82) is 0 Å². The van der Waals surface area contributed by atoms with Gasteiger partial charge in [-0.1, -0.05) is 0 Å². The molecule has 5 heavy (non-hydrogen) atoms. The normalized spacial score (nSPS) is 1.60. The molecule has 0 aromatic rings. The van der Waals surface area contributed by atoms with Gasteiger partial charge in [0.1, 0.15) is 0 Å². The van der Waals surface area contributed by atoms with Gasteiger partial charge >= 0.3 is 29.2 Å². The largest absolute Gasteiger partial charge is 2.00 e. The molecule has 0 amide bonds. The maximum Gasteiger partial charge on any atom is 2.00 e. The summed E-state index contributed by atoms with van der Waals surface area (Å²) in [6.07, 6.45) is 0.250. The van der Waals surface area contributed by atoms with Crippen molar-refractivity contribution in [1.82, 2.24) is 0 Å². The molecule has 0 aliphatic heterocycles. The Balaban J connectivity index is -0.00000000333. The predicted octanol–water partition coefficient (Wildman–Crippen LogP) is -1.56. The minimum atomic E-state index is 0. The summed E-state index contributed by atoms with van der Waals surface area (Å²) in [5.41, 5.74) is 0. The molecule has 0 unspecified atom stereocenters. The smallest absolute Gasteiger partial charge is 1.00 e. The second-order valence-corrected chi connectivity index (χ2v) is 0.0833. The summed E-state index contributed by atoms with van der Waals surface area (Å²) in [4.78, 5) is 16.2. The monoisotopic (exact) mass is 88.0 g/mol. The molecule has 3 nitrogen and oxygen atoms in total. The molecule has 0 aliphatic carbocycles. The van der Waals surface area contributed by atoms with Crippen LogP contribution >= 0.6 is 0 Å². The van der Waals surface area contributed by atoms with Crippen LogP contribution in [0.25, 0.3) is 0 Å². The fourth-order valence-corrected chi connectivity index (χ4v) is 0. The van der Waals surface area contributed by atoms with E-state index in [9.17, 15) is 0 Å². The van der Waals surface area contributed by atoms with Crippen molar-refractivity contribution in [2.75, 3.05) is 0 Å². The molecule has 0 atom stereocenters. The SMILES string of the molecule is O.O=C=O.[H-].[H-].[Mg+2]. The van der Waals surface area contributed by atoms with Crippen LogP contribution in [0.3, 0.4) is 0 Å². The Morgan fingerprint density at radius 2 is 1.40 bits per heavy atom. The van der Waals surface area contributed by atoms with E-state index in [1.54, 1.807) is 0 Å². The van der Waals surface area contributed by atoms with Gasteiger partial charge < -0.3 is 8.33 Å². The molecule has 0 aromatic heterocycles. The van der Waals surface area contributed by atoms with E-state index >= 15 is 0 Å². The van der Waals surface area contributed by atoms with Crippen LogP contribution in [0.4, 0.5) is 0 Å². The molecule has 0 radical (unpaired) electrons. The van der Waals surface area contributed by atoms with E-state index in [-0.39, 0.29) is 37.5 Å². The second kappa shape index (κ2) is 32.4. The summed E-state index contributed by atoms with van der Waals surface area (Å²) in [6, 6.07) is 0. The van der Waals surface area contributed by atoms with Crippen LogP contribution in [-0.4, -0.2) is 34.7 Å². The molecule has 0 bridgehead atoms. The Labute approximate surface area is 47.8 Å². The standard InChI is InChI=1S/CO2.Mg.H2O.2H/c2-1-3;;;;/h;;1H2;;/q;+2;;2*-1. The maximum atomic E-state index is 8.12. The minimum Gasteiger partial charge on any atom is -1.00 e. The Morgan fingerprint density at radius 3 is 1.40 bits per heavy atom. The van der Waals surface area contributed by atoms with E-state index < -0.39 is 0 Å². The van der Waals surface area contributed by atoms with Crippen LogP contribution in [-0.2, 0) is 9.59 Å². The molecule has 0 rings (SSSR count). The van der Waals surface area contributed by atoms with Crippen molar-refractivity contribution in [3.8, 4) is 0 Å². The molecular formula is CH4MgO3. The topological polar surface area (TPSA) is 65.6 Å². The zero-order chi connectivity index (χ0) is 2.71. The molecule has 0 fully saturated rings. The van der Waals surface area contributed by atoms with Gasteiger partial charge in [0.25, 0.3) is 0 Å². The van der Waals surface area contributed by atoms with Crippen LogP contribution in [0, 0.1) is 0 Å². The first kappa shape index (κ1) is 19.4. The molecule has 0 saturated carbocycles. The van der Waals surface area contributed by atoms with Crippen molar-refractivity contribution in [2.45, 2.75) is 0 Å². The number of hydrogen-bond donors (Lipinski definition) is 0. The molecule has 0 spiro atoms. The van der Waals surface area contributed by atoms with E-state index in [1.165, 1.54) is 0 Å². The van der Waals surface area contributed by atoms with Gasteiger partial charge in [-0.2, -0.15) is 9.59 Å². The third-order valence-electron chi connectivity index (χ3n) is 0. The van der Waals surface area contributed by atoms with Crippen molar-refractivity contribution >= 4 is 29.2 Å². The minimum absolute atomic E-state index is 0. The number of hydrogen-bond acceptors (Lipinski definition) is 2. The Hall–Kier alpha value is 0.106. The van der Waals surface area contributed by atoms with E-state index in [4.69, 9.17) is 9.59 Å². The summed E-state index contributed by atoms with van der Waals surface area (Å²) >= 11 is 0. The average Bonchev–Trinajstić information content (AvgIpc) is 0.918. The first-order valence-corrected chi connectivity index (χ1v) is 0.408. The molecule has 2 N–H and O–H groups in total. The van der Waals surface area contributed by atoms with Crippen molar-refractivity contribution < 1.29 is 17.9 Å². The maximum absolute atomic E-state index is 8.12.